The highest BCUT2D eigenvalue weighted by atomic mass is 16.3. The summed E-state index contributed by atoms with van der Waals surface area (Å²) in [6, 6.07) is 5.89. The van der Waals surface area contributed by atoms with E-state index >= 15 is 0 Å². The summed E-state index contributed by atoms with van der Waals surface area (Å²) in [7, 11) is 2.05. The second kappa shape index (κ2) is 10.6. The van der Waals surface area contributed by atoms with Gasteiger partial charge in [0, 0.05) is 45.5 Å². The maximum Gasteiger partial charge on any atom is 0.225 e. The molecule has 1 aromatic heterocycles. The number of aliphatic hydroxyl groups is 1. The van der Waals surface area contributed by atoms with E-state index in [0.717, 1.165) is 32.0 Å². The van der Waals surface area contributed by atoms with Gasteiger partial charge < -0.3 is 19.8 Å². The Morgan fingerprint density at radius 2 is 1.70 bits per heavy atom. The monoisotopic (exact) mass is 376 g/mol. The van der Waals surface area contributed by atoms with Crippen LogP contribution in [-0.2, 0) is 4.79 Å². The van der Waals surface area contributed by atoms with Gasteiger partial charge in [0.15, 0.2) is 0 Å². The Hall–Kier alpha value is -1.66. The molecule has 0 aromatic carbocycles. The Morgan fingerprint density at radius 3 is 2.22 bits per heavy atom. The molecule has 2 fully saturated rings. The van der Waals surface area contributed by atoms with E-state index in [0.29, 0.717) is 25.9 Å². The summed E-state index contributed by atoms with van der Waals surface area (Å²) in [5, 5.41) is 10.6. The van der Waals surface area contributed by atoms with Gasteiger partial charge in [0.05, 0.1) is 12.0 Å². The Labute approximate surface area is 164 Å². The highest BCUT2D eigenvalue weighted by Gasteiger charge is 2.35. The SMILES string of the molecule is CCCC.CN1CCC(O)(CC(=O)N2CCN(c3ccccn3)CC2)CC1. The Morgan fingerprint density at radius 1 is 1.07 bits per heavy atom. The van der Waals surface area contributed by atoms with Crippen molar-refractivity contribution in [2.45, 2.75) is 51.6 Å². The second-order valence-corrected chi connectivity index (χ2v) is 7.76. The number of aromatic nitrogens is 1. The minimum Gasteiger partial charge on any atom is -0.389 e. The molecule has 0 saturated carbocycles. The van der Waals surface area contributed by atoms with Crippen molar-refractivity contribution in [1.82, 2.24) is 14.8 Å². The molecule has 2 saturated heterocycles. The number of unbranched alkanes of at least 4 members (excludes halogenated alkanes) is 1. The highest BCUT2D eigenvalue weighted by Crippen LogP contribution is 2.26. The fourth-order valence-electron chi connectivity index (χ4n) is 3.33. The number of piperazine rings is 1. The molecule has 1 aromatic rings. The third-order valence-corrected chi connectivity index (χ3v) is 5.50. The standard InChI is InChI=1S/C17H26N4O2.C4H10/c1-19-8-5-17(23,6-9-19)14-16(22)21-12-10-20(11-13-21)15-4-2-3-7-18-15;1-3-4-2/h2-4,7,23H,5-6,8-14H2,1H3;3-4H2,1-2H3. The van der Waals surface area contributed by atoms with Crippen LogP contribution in [-0.4, -0.2) is 77.7 Å². The summed E-state index contributed by atoms with van der Waals surface area (Å²) in [5.41, 5.74) is -0.818. The summed E-state index contributed by atoms with van der Waals surface area (Å²) < 4.78 is 0. The van der Waals surface area contributed by atoms with Gasteiger partial charge >= 0.3 is 0 Å². The molecule has 6 heteroatoms. The quantitative estimate of drug-likeness (QED) is 0.874. The predicted octanol–water partition coefficient (Wildman–Crippen LogP) is 2.38. The number of pyridine rings is 1. The molecule has 2 aliphatic rings. The molecule has 0 aliphatic carbocycles. The van der Waals surface area contributed by atoms with Crippen molar-refractivity contribution in [3.05, 3.63) is 24.4 Å². The molecule has 3 rings (SSSR count). The Balaban J connectivity index is 0.000000596. The average molecular weight is 377 g/mol. The molecule has 1 N–H and O–H groups in total. The molecule has 152 valence electrons. The van der Waals surface area contributed by atoms with Crippen molar-refractivity contribution in [3.63, 3.8) is 0 Å². The van der Waals surface area contributed by atoms with Gasteiger partial charge in [-0.05, 0) is 32.0 Å². The van der Waals surface area contributed by atoms with Crippen LogP contribution in [0, 0.1) is 0 Å². The predicted molar refractivity (Wildman–Crippen MR) is 110 cm³/mol. The zero-order valence-electron chi connectivity index (χ0n) is 17.2. The molecule has 0 bridgehead atoms. The van der Waals surface area contributed by atoms with Gasteiger partial charge in [-0.15, -0.1) is 0 Å². The molecule has 27 heavy (non-hydrogen) atoms. The van der Waals surface area contributed by atoms with Crippen molar-refractivity contribution in [2.75, 3.05) is 51.2 Å². The van der Waals surface area contributed by atoms with Gasteiger partial charge in [0.25, 0.3) is 0 Å². The van der Waals surface area contributed by atoms with Gasteiger partial charge in [-0.1, -0.05) is 32.8 Å². The minimum atomic E-state index is -0.818. The van der Waals surface area contributed by atoms with Crippen LogP contribution in [0.2, 0.25) is 0 Å². The van der Waals surface area contributed by atoms with E-state index in [-0.39, 0.29) is 12.3 Å². The van der Waals surface area contributed by atoms with E-state index in [1.54, 1.807) is 6.20 Å². The number of amides is 1. The highest BCUT2D eigenvalue weighted by molar-refractivity contribution is 5.77. The Bertz CT molecular complexity index is 549. The number of hydrogen-bond donors (Lipinski definition) is 1. The first-order chi connectivity index (χ1) is 13.0. The lowest BCUT2D eigenvalue weighted by atomic mass is 9.88. The summed E-state index contributed by atoms with van der Waals surface area (Å²) >= 11 is 0. The fraction of sp³-hybridized carbons (Fsp3) is 0.714. The van der Waals surface area contributed by atoms with Crippen molar-refractivity contribution >= 4 is 11.7 Å². The molecule has 0 spiro atoms. The lowest BCUT2D eigenvalue weighted by Gasteiger charge is -2.39. The number of carbonyl (C=O) groups is 1. The molecule has 2 aliphatic heterocycles. The van der Waals surface area contributed by atoms with E-state index in [1.807, 2.05) is 23.1 Å². The van der Waals surface area contributed by atoms with Crippen molar-refractivity contribution < 1.29 is 9.90 Å². The third-order valence-electron chi connectivity index (χ3n) is 5.50. The number of anilines is 1. The van der Waals surface area contributed by atoms with E-state index in [4.69, 9.17) is 0 Å². The first-order valence-electron chi connectivity index (χ1n) is 10.3. The van der Waals surface area contributed by atoms with Crippen LogP contribution >= 0.6 is 0 Å². The average Bonchev–Trinajstić information content (AvgIpc) is 2.71. The summed E-state index contributed by atoms with van der Waals surface area (Å²) in [5.74, 6) is 1.05. The van der Waals surface area contributed by atoms with Gasteiger partial charge in [0.2, 0.25) is 5.91 Å². The second-order valence-electron chi connectivity index (χ2n) is 7.76. The number of rotatable bonds is 4. The zero-order chi connectivity index (χ0) is 19.7. The number of hydrogen-bond acceptors (Lipinski definition) is 5. The number of piperidine rings is 1. The maximum atomic E-state index is 12.5. The largest absolute Gasteiger partial charge is 0.389 e. The van der Waals surface area contributed by atoms with Crippen LogP contribution < -0.4 is 4.90 Å². The van der Waals surface area contributed by atoms with Crippen LogP contribution in [0.4, 0.5) is 5.82 Å². The van der Waals surface area contributed by atoms with Crippen LogP contribution in [0.15, 0.2) is 24.4 Å². The minimum absolute atomic E-state index is 0.0812. The third kappa shape index (κ3) is 6.78. The first-order valence-corrected chi connectivity index (χ1v) is 10.3. The Kier molecular flexibility index (Phi) is 8.51. The van der Waals surface area contributed by atoms with Crippen LogP contribution in [0.5, 0.6) is 0 Å². The van der Waals surface area contributed by atoms with E-state index in [2.05, 4.69) is 35.7 Å². The van der Waals surface area contributed by atoms with Gasteiger partial charge in [0.1, 0.15) is 5.82 Å². The molecule has 0 radical (unpaired) electrons. The van der Waals surface area contributed by atoms with Crippen molar-refractivity contribution in [2.24, 2.45) is 0 Å². The smallest absolute Gasteiger partial charge is 0.225 e. The molecule has 0 atom stereocenters. The number of likely N-dealkylation sites (tertiary alicyclic amines) is 1. The van der Waals surface area contributed by atoms with Gasteiger partial charge in [-0.2, -0.15) is 0 Å². The van der Waals surface area contributed by atoms with E-state index in [1.165, 1.54) is 12.8 Å². The van der Waals surface area contributed by atoms with Crippen LogP contribution in [0.1, 0.15) is 46.0 Å². The molecular formula is C21H36N4O2. The lowest BCUT2D eigenvalue weighted by molar-refractivity contribution is -0.138. The van der Waals surface area contributed by atoms with Gasteiger partial charge in [-0.3, -0.25) is 4.79 Å². The normalized spacial score (nSPS) is 20.0. The topological polar surface area (TPSA) is 59.9 Å². The number of nitrogens with zero attached hydrogens (tertiary/aromatic N) is 4. The lowest BCUT2D eigenvalue weighted by Crippen LogP contribution is -2.52. The zero-order valence-corrected chi connectivity index (χ0v) is 17.2. The summed E-state index contributed by atoms with van der Waals surface area (Å²) in [6.07, 6.45) is 6.05. The molecule has 6 nitrogen and oxygen atoms in total. The van der Waals surface area contributed by atoms with Crippen molar-refractivity contribution in [1.29, 1.82) is 0 Å². The fourth-order valence-corrected chi connectivity index (χ4v) is 3.33. The van der Waals surface area contributed by atoms with Gasteiger partial charge in [-0.25, -0.2) is 4.98 Å². The molecule has 0 unspecified atom stereocenters. The molecular weight excluding hydrogens is 340 g/mol. The summed E-state index contributed by atoms with van der Waals surface area (Å²) in [4.78, 5) is 23.2. The van der Waals surface area contributed by atoms with E-state index < -0.39 is 5.60 Å². The molecule has 1 amide bonds. The van der Waals surface area contributed by atoms with E-state index in [9.17, 15) is 9.90 Å². The maximum absolute atomic E-state index is 12.5. The first kappa shape index (κ1) is 21.6. The van der Waals surface area contributed by atoms with Crippen molar-refractivity contribution in [3.8, 4) is 0 Å². The molecule has 3 heterocycles. The van der Waals surface area contributed by atoms with Crippen LogP contribution in [0.25, 0.3) is 0 Å². The number of carbonyl (C=O) groups excluding carboxylic acids is 1. The van der Waals surface area contributed by atoms with Crippen LogP contribution in [0.3, 0.4) is 0 Å². The summed E-state index contributed by atoms with van der Waals surface area (Å²) in [6.45, 7) is 9.07.